The molecule has 0 aromatic carbocycles. The molecule has 2 heterocycles. The molecule has 0 saturated carbocycles. The molecule has 1 aliphatic rings. The van der Waals surface area contributed by atoms with E-state index in [1.807, 2.05) is 13.8 Å². The van der Waals surface area contributed by atoms with Gasteiger partial charge in [-0.1, -0.05) is 39.3 Å². The van der Waals surface area contributed by atoms with Gasteiger partial charge in [0.25, 0.3) is 5.91 Å². The first-order chi connectivity index (χ1) is 9.72. The van der Waals surface area contributed by atoms with Crippen LogP contribution in [0.15, 0.2) is 6.20 Å². The van der Waals surface area contributed by atoms with E-state index in [2.05, 4.69) is 23.8 Å². The molecule has 2 rings (SSSR count). The van der Waals surface area contributed by atoms with Gasteiger partial charge in [0.2, 0.25) is 0 Å². The first-order valence-corrected chi connectivity index (χ1v) is 7.67. The summed E-state index contributed by atoms with van der Waals surface area (Å²) in [6.45, 7) is 9.39. The quantitative estimate of drug-likeness (QED) is 0.893. The maximum absolute atomic E-state index is 12.7. The molecule has 0 bridgehead atoms. The maximum Gasteiger partial charge on any atom is 0.274 e. The molecule has 0 radical (unpaired) electrons. The van der Waals surface area contributed by atoms with Crippen molar-refractivity contribution in [2.24, 2.45) is 11.1 Å². The fraction of sp³-hybridized carbons (Fsp3) is 0.667. The molecular weight excluding hydrogens is 323 g/mol. The van der Waals surface area contributed by atoms with Crippen molar-refractivity contribution in [2.45, 2.75) is 46.1 Å². The molecule has 7 heteroatoms. The number of nitrogens with two attached hydrogens (primary N) is 1. The van der Waals surface area contributed by atoms with E-state index in [0.29, 0.717) is 29.6 Å². The standard InChI is InChI=1S/C15H23ClN4O.ClH/c1-9(2)13-18-7-10(16)12(19-13)14(21)20-6-5-11(17)15(3,4)8-20;/h7,9,11H,5-6,8,17H2,1-4H3;1H. The molecule has 2 N–H and O–H groups in total. The summed E-state index contributed by atoms with van der Waals surface area (Å²) in [5.41, 5.74) is 6.31. The first kappa shape index (κ1) is 19.1. The van der Waals surface area contributed by atoms with Gasteiger partial charge in [0.05, 0.1) is 11.2 Å². The van der Waals surface area contributed by atoms with Gasteiger partial charge in [-0.05, 0) is 11.8 Å². The third-order valence-corrected chi connectivity index (χ3v) is 4.36. The lowest BCUT2D eigenvalue weighted by molar-refractivity contribution is 0.0527. The van der Waals surface area contributed by atoms with Gasteiger partial charge in [-0.2, -0.15) is 0 Å². The topological polar surface area (TPSA) is 72.1 Å². The molecule has 1 aromatic rings. The molecule has 0 spiro atoms. The van der Waals surface area contributed by atoms with E-state index in [4.69, 9.17) is 17.3 Å². The molecule has 1 atom stereocenters. The second kappa shape index (κ2) is 7.11. The van der Waals surface area contributed by atoms with Gasteiger partial charge in [0, 0.05) is 25.0 Å². The third-order valence-electron chi connectivity index (χ3n) is 4.08. The molecule has 0 aliphatic carbocycles. The van der Waals surface area contributed by atoms with Crippen LogP contribution in [0, 0.1) is 5.41 Å². The summed E-state index contributed by atoms with van der Waals surface area (Å²) in [4.78, 5) is 23.0. The van der Waals surface area contributed by atoms with E-state index in [1.165, 1.54) is 6.20 Å². The summed E-state index contributed by atoms with van der Waals surface area (Å²) >= 11 is 6.12. The Morgan fingerprint density at radius 1 is 1.50 bits per heavy atom. The van der Waals surface area contributed by atoms with Crippen molar-refractivity contribution in [1.82, 2.24) is 14.9 Å². The molecule has 1 unspecified atom stereocenters. The molecule has 1 fully saturated rings. The zero-order valence-electron chi connectivity index (χ0n) is 13.5. The average Bonchev–Trinajstić information content (AvgIpc) is 2.41. The third kappa shape index (κ3) is 3.89. The summed E-state index contributed by atoms with van der Waals surface area (Å²) in [6, 6.07) is 0.105. The Hall–Kier alpha value is -0.910. The van der Waals surface area contributed by atoms with Gasteiger partial charge in [-0.3, -0.25) is 4.79 Å². The van der Waals surface area contributed by atoms with Crippen LogP contribution in [0.2, 0.25) is 5.02 Å². The Labute approximate surface area is 143 Å². The Morgan fingerprint density at radius 2 is 2.14 bits per heavy atom. The molecular formula is C15H24Cl2N4O. The van der Waals surface area contributed by atoms with Crippen molar-refractivity contribution in [3.05, 3.63) is 22.7 Å². The first-order valence-electron chi connectivity index (χ1n) is 7.29. The highest BCUT2D eigenvalue weighted by molar-refractivity contribution is 6.33. The van der Waals surface area contributed by atoms with E-state index >= 15 is 0 Å². The van der Waals surface area contributed by atoms with Gasteiger partial charge in [0.1, 0.15) is 5.82 Å². The minimum absolute atomic E-state index is 0. The molecule has 1 saturated heterocycles. The largest absolute Gasteiger partial charge is 0.337 e. The predicted molar refractivity (Wildman–Crippen MR) is 90.7 cm³/mol. The minimum atomic E-state index is -0.135. The average molecular weight is 347 g/mol. The van der Waals surface area contributed by atoms with Gasteiger partial charge >= 0.3 is 0 Å². The highest BCUT2D eigenvalue weighted by Gasteiger charge is 2.36. The van der Waals surface area contributed by atoms with Crippen LogP contribution in [0.4, 0.5) is 0 Å². The molecule has 124 valence electrons. The number of aromatic nitrogens is 2. The number of carbonyl (C=O) groups excluding carboxylic acids is 1. The summed E-state index contributed by atoms with van der Waals surface area (Å²) < 4.78 is 0. The van der Waals surface area contributed by atoms with Crippen molar-refractivity contribution in [2.75, 3.05) is 13.1 Å². The van der Waals surface area contributed by atoms with Gasteiger partial charge in [0.15, 0.2) is 5.69 Å². The van der Waals surface area contributed by atoms with Crippen LogP contribution < -0.4 is 5.73 Å². The van der Waals surface area contributed by atoms with Crippen LogP contribution >= 0.6 is 24.0 Å². The van der Waals surface area contributed by atoms with Crippen molar-refractivity contribution < 1.29 is 4.79 Å². The van der Waals surface area contributed by atoms with Crippen LogP contribution in [0.1, 0.15) is 56.3 Å². The molecule has 1 aliphatic heterocycles. The predicted octanol–water partition coefficient (Wildman–Crippen LogP) is 2.87. The van der Waals surface area contributed by atoms with E-state index in [-0.39, 0.29) is 35.7 Å². The van der Waals surface area contributed by atoms with Crippen LogP contribution in [0.25, 0.3) is 0 Å². The Morgan fingerprint density at radius 3 is 2.68 bits per heavy atom. The van der Waals surface area contributed by atoms with Crippen LogP contribution in [-0.2, 0) is 0 Å². The summed E-state index contributed by atoms with van der Waals surface area (Å²) in [5.74, 6) is 0.653. The maximum atomic E-state index is 12.7. The number of likely N-dealkylation sites (tertiary alicyclic amines) is 1. The van der Waals surface area contributed by atoms with E-state index < -0.39 is 0 Å². The SMILES string of the molecule is CC(C)c1ncc(Cl)c(C(=O)N2CCC(N)C(C)(C)C2)n1.Cl. The van der Waals surface area contributed by atoms with Crippen molar-refractivity contribution in [3.8, 4) is 0 Å². The number of hydrogen-bond acceptors (Lipinski definition) is 4. The van der Waals surface area contributed by atoms with Crippen LogP contribution in [-0.4, -0.2) is 39.9 Å². The number of amides is 1. The molecule has 1 amide bonds. The highest BCUT2D eigenvalue weighted by atomic mass is 35.5. The van der Waals surface area contributed by atoms with Gasteiger partial charge in [-0.15, -0.1) is 12.4 Å². The number of rotatable bonds is 2. The Bertz CT molecular complexity index is 548. The van der Waals surface area contributed by atoms with Crippen molar-refractivity contribution in [3.63, 3.8) is 0 Å². The lowest BCUT2D eigenvalue weighted by Gasteiger charge is -2.42. The number of halogens is 2. The number of hydrogen-bond donors (Lipinski definition) is 1. The smallest absolute Gasteiger partial charge is 0.274 e. The lowest BCUT2D eigenvalue weighted by Crippen LogP contribution is -2.54. The molecule has 5 nitrogen and oxygen atoms in total. The second-order valence-corrected chi connectivity index (χ2v) is 7.10. The van der Waals surface area contributed by atoms with E-state index in [1.54, 1.807) is 4.90 Å². The zero-order chi connectivity index (χ0) is 15.8. The summed E-state index contributed by atoms with van der Waals surface area (Å²) in [7, 11) is 0. The normalized spacial score (nSPS) is 20.7. The number of piperidine rings is 1. The Kier molecular flexibility index (Phi) is 6.18. The fourth-order valence-electron chi connectivity index (χ4n) is 2.51. The fourth-order valence-corrected chi connectivity index (χ4v) is 2.68. The molecule has 22 heavy (non-hydrogen) atoms. The number of carbonyl (C=O) groups is 1. The zero-order valence-corrected chi connectivity index (χ0v) is 15.0. The highest BCUT2D eigenvalue weighted by Crippen LogP contribution is 2.29. The summed E-state index contributed by atoms with van der Waals surface area (Å²) in [6.07, 6.45) is 2.30. The minimum Gasteiger partial charge on any atom is -0.337 e. The van der Waals surface area contributed by atoms with Gasteiger partial charge in [-0.25, -0.2) is 9.97 Å². The lowest BCUT2D eigenvalue weighted by atomic mass is 9.79. The van der Waals surface area contributed by atoms with Crippen LogP contribution in [0.3, 0.4) is 0 Å². The van der Waals surface area contributed by atoms with E-state index in [0.717, 1.165) is 6.42 Å². The molecule has 1 aromatic heterocycles. The van der Waals surface area contributed by atoms with Crippen molar-refractivity contribution in [1.29, 1.82) is 0 Å². The summed E-state index contributed by atoms with van der Waals surface area (Å²) in [5, 5.41) is 0.303. The van der Waals surface area contributed by atoms with Gasteiger partial charge < -0.3 is 10.6 Å². The number of nitrogens with zero attached hydrogens (tertiary/aromatic N) is 3. The van der Waals surface area contributed by atoms with Crippen molar-refractivity contribution >= 4 is 29.9 Å². The Balaban J connectivity index is 0.00000242. The monoisotopic (exact) mass is 346 g/mol. The van der Waals surface area contributed by atoms with E-state index in [9.17, 15) is 4.79 Å². The van der Waals surface area contributed by atoms with Crippen LogP contribution in [0.5, 0.6) is 0 Å². The second-order valence-electron chi connectivity index (χ2n) is 6.69.